The van der Waals surface area contributed by atoms with Crippen LogP contribution < -0.4 is 21.7 Å². The molecule has 0 aliphatic heterocycles. The maximum Gasteiger partial charge on any atom is 0.326 e. The SMILES string of the molecule is CCC(C)C(NC(=O)C(N)CO)C(=O)NC(CCC(=O)O)C(=O)NC(CC(C)C)C(=O)O. The molecule has 0 saturated heterocycles. The first-order valence-corrected chi connectivity index (χ1v) is 10.6. The Bertz CT molecular complexity index is 670. The van der Waals surface area contributed by atoms with Gasteiger partial charge in [0.1, 0.15) is 24.2 Å². The number of rotatable bonds is 15. The van der Waals surface area contributed by atoms with E-state index in [2.05, 4.69) is 16.0 Å². The van der Waals surface area contributed by atoms with Gasteiger partial charge in [0.15, 0.2) is 0 Å². The van der Waals surface area contributed by atoms with E-state index >= 15 is 0 Å². The predicted octanol–water partition coefficient (Wildman–Crippen LogP) is -1.20. The van der Waals surface area contributed by atoms with Gasteiger partial charge in [0.25, 0.3) is 0 Å². The number of aliphatic hydroxyl groups excluding tert-OH is 1. The van der Waals surface area contributed by atoms with Crippen LogP contribution in [0.3, 0.4) is 0 Å². The molecule has 0 spiro atoms. The minimum atomic E-state index is -1.33. The first-order chi connectivity index (χ1) is 14.8. The molecule has 0 fully saturated rings. The lowest BCUT2D eigenvalue weighted by atomic mass is 9.97. The molecule has 5 atom stereocenters. The molecule has 0 aliphatic carbocycles. The van der Waals surface area contributed by atoms with E-state index in [1.54, 1.807) is 27.7 Å². The summed E-state index contributed by atoms with van der Waals surface area (Å²) in [5, 5.41) is 34.6. The van der Waals surface area contributed by atoms with Crippen LogP contribution in [0.25, 0.3) is 0 Å². The fourth-order valence-electron chi connectivity index (χ4n) is 2.81. The molecule has 184 valence electrons. The first kappa shape index (κ1) is 29.3. The number of aliphatic carboxylic acids is 2. The Hall–Kier alpha value is -2.73. The largest absolute Gasteiger partial charge is 0.481 e. The lowest BCUT2D eigenvalue weighted by Gasteiger charge is -2.27. The van der Waals surface area contributed by atoms with Crippen LogP contribution in [0, 0.1) is 11.8 Å². The number of hydrogen-bond acceptors (Lipinski definition) is 7. The molecule has 0 aliphatic rings. The lowest BCUT2D eigenvalue weighted by molar-refractivity contribution is -0.143. The van der Waals surface area contributed by atoms with Gasteiger partial charge in [-0.2, -0.15) is 0 Å². The molecule has 0 heterocycles. The Labute approximate surface area is 187 Å². The first-order valence-electron chi connectivity index (χ1n) is 10.6. The Kier molecular flexibility index (Phi) is 13.1. The van der Waals surface area contributed by atoms with Gasteiger partial charge in [-0.25, -0.2) is 4.79 Å². The number of aliphatic hydroxyl groups is 1. The molecule has 12 nitrogen and oxygen atoms in total. The molecule has 0 aromatic rings. The molecule has 32 heavy (non-hydrogen) atoms. The maximum atomic E-state index is 12.9. The number of carbonyl (C=O) groups excluding carboxylic acids is 3. The Balaban J connectivity index is 5.59. The minimum absolute atomic E-state index is 0.0378. The second-order valence-electron chi connectivity index (χ2n) is 8.18. The Morgan fingerprint density at radius 1 is 0.875 bits per heavy atom. The monoisotopic (exact) mass is 460 g/mol. The fraction of sp³-hybridized carbons (Fsp3) is 0.750. The summed E-state index contributed by atoms with van der Waals surface area (Å²) in [5.41, 5.74) is 5.48. The van der Waals surface area contributed by atoms with E-state index in [4.69, 9.17) is 15.9 Å². The van der Waals surface area contributed by atoms with Gasteiger partial charge in [0.2, 0.25) is 17.7 Å². The number of nitrogens with two attached hydrogens (primary N) is 1. The van der Waals surface area contributed by atoms with E-state index in [-0.39, 0.29) is 24.7 Å². The highest BCUT2D eigenvalue weighted by Crippen LogP contribution is 2.11. The van der Waals surface area contributed by atoms with Crippen LogP contribution in [0.15, 0.2) is 0 Å². The quantitative estimate of drug-likeness (QED) is 0.156. The van der Waals surface area contributed by atoms with Gasteiger partial charge >= 0.3 is 11.9 Å². The normalized spacial score (nSPS) is 15.7. The van der Waals surface area contributed by atoms with Crippen molar-refractivity contribution >= 4 is 29.7 Å². The van der Waals surface area contributed by atoms with Gasteiger partial charge in [-0.1, -0.05) is 34.1 Å². The maximum absolute atomic E-state index is 12.9. The molecule has 0 saturated carbocycles. The predicted molar refractivity (Wildman–Crippen MR) is 114 cm³/mol. The number of carboxylic acid groups (broad SMARTS) is 2. The summed E-state index contributed by atoms with van der Waals surface area (Å²) in [7, 11) is 0. The summed E-state index contributed by atoms with van der Waals surface area (Å²) in [4.78, 5) is 60.1. The van der Waals surface area contributed by atoms with Crippen molar-refractivity contribution in [3.8, 4) is 0 Å². The molecular formula is C20H36N4O8. The van der Waals surface area contributed by atoms with Crippen molar-refractivity contribution in [1.29, 1.82) is 0 Å². The molecule has 8 N–H and O–H groups in total. The Morgan fingerprint density at radius 3 is 1.88 bits per heavy atom. The van der Waals surface area contributed by atoms with Gasteiger partial charge in [0, 0.05) is 6.42 Å². The van der Waals surface area contributed by atoms with Crippen molar-refractivity contribution in [2.75, 3.05) is 6.61 Å². The van der Waals surface area contributed by atoms with Crippen LogP contribution in [0.1, 0.15) is 53.4 Å². The van der Waals surface area contributed by atoms with E-state index in [1.807, 2.05) is 0 Å². The van der Waals surface area contributed by atoms with Crippen molar-refractivity contribution in [2.45, 2.75) is 77.5 Å². The zero-order chi connectivity index (χ0) is 25.0. The number of carbonyl (C=O) groups is 5. The molecule has 5 unspecified atom stereocenters. The van der Waals surface area contributed by atoms with Gasteiger partial charge in [-0.15, -0.1) is 0 Å². The van der Waals surface area contributed by atoms with Gasteiger partial charge in [-0.3, -0.25) is 19.2 Å². The van der Waals surface area contributed by atoms with Crippen LogP contribution in [0.2, 0.25) is 0 Å². The highest BCUT2D eigenvalue weighted by atomic mass is 16.4. The fourth-order valence-corrected chi connectivity index (χ4v) is 2.81. The van der Waals surface area contributed by atoms with Crippen molar-refractivity contribution < 1.29 is 39.3 Å². The molecule has 0 radical (unpaired) electrons. The van der Waals surface area contributed by atoms with Crippen molar-refractivity contribution in [1.82, 2.24) is 16.0 Å². The number of nitrogens with one attached hydrogen (secondary N) is 3. The summed E-state index contributed by atoms with van der Waals surface area (Å²) in [6, 6.07) is -4.88. The highest BCUT2D eigenvalue weighted by Gasteiger charge is 2.32. The third-order valence-electron chi connectivity index (χ3n) is 4.93. The molecule has 0 aromatic carbocycles. The van der Waals surface area contributed by atoms with Crippen LogP contribution >= 0.6 is 0 Å². The standard InChI is InChI=1S/C20H36N4O8/c1-5-11(4)16(24-17(28)12(21)9-25)19(30)22-13(6-7-15(26)27)18(29)23-14(20(31)32)8-10(2)3/h10-14,16,25H,5-9,21H2,1-4H3,(H,22,30)(H,23,29)(H,24,28)(H,26,27)(H,31,32). The lowest BCUT2D eigenvalue weighted by Crippen LogP contribution is -2.59. The third kappa shape index (κ3) is 10.5. The number of carboxylic acids is 2. The van der Waals surface area contributed by atoms with Crippen molar-refractivity contribution in [2.24, 2.45) is 17.6 Å². The minimum Gasteiger partial charge on any atom is -0.481 e. The van der Waals surface area contributed by atoms with Gasteiger partial charge in [-0.05, 0) is 24.7 Å². The summed E-state index contributed by atoms with van der Waals surface area (Å²) < 4.78 is 0. The molecule has 0 aromatic heterocycles. The molecule has 3 amide bonds. The second kappa shape index (κ2) is 14.4. The zero-order valence-corrected chi connectivity index (χ0v) is 19.0. The van der Waals surface area contributed by atoms with Gasteiger partial charge in [0.05, 0.1) is 6.61 Å². The van der Waals surface area contributed by atoms with Crippen molar-refractivity contribution in [3.63, 3.8) is 0 Å². The van der Waals surface area contributed by atoms with Crippen LogP contribution in [0.4, 0.5) is 0 Å². The van der Waals surface area contributed by atoms with E-state index < -0.39 is 66.9 Å². The smallest absolute Gasteiger partial charge is 0.326 e. The topological polar surface area (TPSA) is 208 Å². The second-order valence-corrected chi connectivity index (χ2v) is 8.18. The third-order valence-corrected chi connectivity index (χ3v) is 4.93. The summed E-state index contributed by atoms with van der Waals surface area (Å²) in [5.74, 6) is -5.21. The Morgan fingerprint density at radius 2 is 1.44 bits per heavy atom. The zero-order valence-electron chi connectivity index (χ0n) is 19.0. The molecule has 0 bridgehead atoms. The van der Waals surface area contributed by atoms with Crippen LogP contribution in [0.5, 0.6) is 0 Å². The summed E-state index contributed by atoms with van der Waals surface area (Å²) in [6.45, 7) is 6.40. The summed E-state index contributed by atoms with van der Waals surface area (Å²) >= 11 is 0. The summed E-state index contributed by atoms with van der Waals surface area (Å²) in [6.07, 6.45) is -0.103. The van der Waals surface area contributed by atoms with E-state index in [0.717, 1.165) is 0 Å². The van der Waals surface area contributed by atoms with E-state index in [1.165, 1.54) is 0 Å². The average Bonchev–Trinajstić information content (AvgIpc) is 2.71. The van der Waals surface area contributed by atoms with E-state index in [0.29, 0.717) is 6.42 Å². The number of hydrogen-bond donors (Lipinski definition) is 7. The highest BCUT2D eigenvalue weighted by molar-refractivity contribution is 5.94. The molecule has 12 heteroatoms. The van der Waals surface area contributed by atoms with Gasteiger partial charge < -0.3 is 37.0 Å². The van der Waals surface area contributed by atoms with Crippen LogP contribution in [-0.4, -0.2) is 75.8 Å². The average molecular weight is 461 g/mol. The van der Waals surface area contributed by atoms with Crippen molar-refractivity contribution in [3.05, 3.63) is 0 Å². The van der Waals surface area contributed by atoms with E-state index in [9.17, 15) is 29.1 Å². The van der Waals surface area contributed by atoms with Crippen LogP contribution in [-0.2, 0) is 24.0 Å². The number of amides is 3. The molecular weight excluding hydrogens is 424 g/mol. The molecule has 0 rings (SSSR count).